The summed E-state index contributed by atoms with van der Waals surface area (Å²) in [5.41, 5.74) is 0.903. The molecule has 2 rings (SSSR count). The highest BCUT2D eigenvalue weighted by Crippen LogP contribution is 2.24. The first-order valence-corrected chi connectivity index (χ1v) is 4.64. The van der Waals surface area contributed by atoms with Gasteiger partial charge < -0.3 is 4.98 Å². The van der Waals surface area contributed by atoms with Crippen LogP contribution in [0.5, 0.6) is 0 Å². The lowest BCUT2D eigenvalue weighted by molar-refractivity contribution is 1.31. The van der Waals surface area contributed by atoms with Crippen molar-refractivity contribution < 1.29 is 0 Å². The van der Waals surface area contributed by atoms with E-state index in [4.69, 9.17) is 0 Å². The van der Waals surface area contributed by atoms with Gasteiger partial charge in [0.2, 0.25) is 0 Å². The van der Waals surface area contributed by atoms with Crippen LogP contribution in [-0.4, -0.2) is 9.97 Å². The highest BCUT2D eigenvalue weighted by atomic mass is 79.9. The number of pyridine rings is 1. The highest BCUT2D eigenvalue weighted by Gasteiger charge is 2.00. The average Bonchev–Trinajstić information content (AvgIpc) is 2.33. The van der Waals surface area contributed by atoms with Crippen molar-refractivity contribution in [3.8, 4) is 0 Å². The Morgan fingerprint density at radius 1 is 1.36 bits per heavy atom. The summed E-state index contributed by atoms with van der Waals surface area (Å²) in [6.07, 6.45) is 3.65. The van der Waals surface area contributed by atoms with Crippen molar-refractivity contribution in [2.75, 3.05) is 0 Å². The molecule has 2 aromatic rings. The third-order valence-electron chi connectivity index (χ3n) is 1.45. The first kappa shape index (κ1) is 7.31. The Bertz CT molecular complexity index is 394. The number of fused-ring (bicyclic) bond motifs is 1. The Labute approximate surface area is 80.3 Å². The molecule has 0 bridgehead atoms. The standard InChI is InChI=1S/C7H4Br2N2/c8-4-1-5-6(9)3-11-7(5)10-2-4/h1-3H,(H,10,11). The molecule has 2 aromatic heterocycles. The first-order valence-electron chi connectivity index (χ1n) is 3.05. The molecule has 0 fully saturated rings. The van der Waals surface area contributed by atoms with Gasteiger partial charge in [-0.25, -0.2) is 4.98 Å². The molecule has 11 heavy (non-hydrogen) atoms. The summed E-state index contributed by atoms with van der Waals surface area (Å²) >= 11 is 6.76. The maximum Gasteiger partial charge on any atom is 0.138 e. The van der Waals surface area contributed by atoms with E-state index >= 15 is 0 Å². The van der Waals surface area contributed by atoms with Gasteiger partial charge in [0.1, 0.15) is 5.65 Å². The van der Waals surface area contributed by atoms with Crippen molar-refractivity contribution in [3.05, 3.63) is 27.4 Å². The second-order valence-electron chi connectivity index (χ2n) is 2.19. The molecule has 0 spiro atoms. The lowest BCUT2D eigenvalue weighted by atomic mass is 10.3. The topological polar surface area (TPSA) is 28.7 Å². The van der Waals surface area contributed by atoms with Crippen LogP contribution in [0.25, 0.3) is 11.0 Å². The lowest BCUT2D eigenvalue weighted by Crippen LogP contribution is -1.74. The van der Waals surface area contributed by atoms with Gasteiger partial charge in [-0.2, -0.15) is 0 Å². The van der Waals surface area contributed by atoms with Gasteiger partial charge in [0.05, 0.1) is 0 Å². The smallest absolute Gasteiger partial charge is 0.138 e. The Morgan fingerprint density at radius 2 is 2.18 bits per heavy atom. The molecule has 2 nitrogen and oxygen atoms in total. The number of aromatic nitrogens is 2. The molecule has 4 heteroatoms. The fourth-order valence-corrected chi connectivity index (χ4v) is 1.69. The molecule has 1 N–H and O–H groups in total. The summed E-state index contributed by atoms with van der Waals surface area (Å²) in [5, 5.41) is 1.10. The van der Waals surface area contributed by atoms with Crippen LogP contribution >= 0.6 is 31.9 Å². The monoisotopic (exact) mass is 274 g/mol. The largest absolute Gasteiger partial charge is 0.345 e. The number of hydrogen-bond acceptors (Lipinski definition) is 1. The molecule has 0 atom stereocenters. The summed E-state index contributed by atoms with van der Waals surface area (Å²) in [4.78, 5) is 7.21. The Balaban J connectivity index is 2.87. The summed E-state index contributed by atoms with van der Waals surface area (Å²) < 4.78 is 2.03. The van der Waals surface area contributed by atoms with E-state index in [1.807, 2.05) is 12.3 Å². The molecule has 0 aromatic carbocycles. The number of nitrogens with one attached hydrogen (secondary N) is 1. The van der Waals surface area contributed by atoms with Crippen LogP contribution in [0.3, 0.4) is 0 Å². The summed E-state index contributed by atoms with van der Waals surface area (Å²) in [5.74, 6) is 0. The van der Waals surface area contributed by atoms with Crippen molar-refractivity contribution in [2.24, 2.45) is 0 Å². The Hall–Kier alpha value is -0.350. The summed E-state index contributed by atoms with van der Waals surface area (Å²) in [6, 6.07) is 2.02. The molecule has 0 aliphatic rings. The van der Waals surface area contributed by atoms with Gasteiger partial charge >= 0.3 is 0 Å². The zero-order valence-electron chi connectivity index (χ0n) is 5.44. The van der Waals surface area contributed by atoms with Gasteiger partial charge in [-0.3, -0.25) is 0 Å². The van der Waals surface area contributed by atoms with Gasteiger partial charge in [0.25, 0.3) is 0 Å². The quantitative estimate of drug-likeness (QED) is 0.786. The minimum Gasteiger partial charge on any atom is -0.345 e. The molecular weight excluding hydrogens is 272 g/mol. The normalized spacial score (nSPS) is 10.7. The molecule has 0 unspecified atom stereocenters. The highest BCUT2D eigenvalue weighted by molar-refractivity contribution is 9.11. The summed E-state index contributed by atoms with van der Waals surface area (Å²) in [6.45, 7) is 0. The van der Waals surface area contributed by atoms with Gasteiger partial charge in [-0.05, 0) is 37.9 Å². The SMILES string of the molecule is Brc1cnc2[nH]cc(Br)c2c1. The van der Waals surface area contributed by atoms with E-state index in [2.05, 4.69) is 41.8 Å². The average molecular weight is 276 g/mol. The summed E-state index contributed by atoms with van der Waals surface area (Å²) in [7, 11) is 0. The number of halogens is 2. The van der Waals surface area contributed by atoms with E-state index in [9.17, 15) is 0 Å². The third kappa shape index (κ3) is 1.20. The van der Waals surface area contributed by atoms with Crippen molar-refractivity contribution in [3.63, 3.8) is 0 Å². The lowest BCUT2D eigenvalue weighted by Gasteiger charge is -1.89. The van der Waals surface area contributed by atoms with Crippen molar-refractivity contribution in [2.45, 2.75) is 0 Å². The molecule has 0 saturated carbocycles. The third-order valence-corrected chi connectivity index (χ3v) is 2.54. The number of rotatable bonds is 0. The van der Waals surface area contributed by atoms with Crippen LogP contribution in [0.4, 0.5) is 0 Å². The second-order valence-corrected chi connectivity index (χ2v) is 3.96. The zero-order chi connectivity index (χ0) is 7.84. The molecule has 0 saturated heterocycles. The van der Waals surface area contributed by atoms with Crippen molar-refractivity contribution in [1.82, 2.24) is 9.97 Å². The maximum atomic E-state index is 4.17. The predicted molar refractivity (Wildman–Crippen MR) is 51.5 cm³/mol. The Kier molecular flexibility index (Phi) is 1.73. The number of hydrogen-bond donors (Lipinski definition) is 1. The van der Waals surface area contributed by atoms with E-state index in [1.54, 1.807) is 6.20 Å². The van der Waals surface area contributed by atoms with Crippen molar-refractivity contribution in [1.29, 1.82) is 0 Å². The number of H-pyrrole nitrogens is 1. The van der Waals surface area contributed by atoms with Crippen LogP contribution in [0.1, 0.15) is 0 Å². The first-order chi connectivity index (χ1) is 5.27. The van der Waals surface area contributed by atoms with Crippen LogP contribution in [-0.2, 0) is 0 Å². The van der Waals surface area contributed by atoms with Gasteiger partial charge in [-0.15, -0.1) is 0 Å². The Morgan fingerprint density at radius 3 is 3.00 bits per heavy atom. The van der Waals surface area contributed by atoms with E-state index in [-0.39, 0.29) is 0 Å². The van der Waals surface area contributed by atoms with E-state index in [0.717, 1.165) is 20.0 Å². The number of aromatic amines is 1. The molecule has 2 heterocycles. The van der Waals surface area contributed by atoms with Gasteiger partial charge in [0, 0.05) is 26.7 Å². The molecule has 0 aliphatic heterocycles. The van der Waals surface area contributed by atoms with E-state index in [0.29, 0.717) is 0 Å². The molecule has 0 radical (unpaired) electrons. The second kappa shape index (κ2) is 2.60. The fourth-order valence-electron chi connectivity index (χ4n) is 0.946. The minimum absolute atomic E-state index is 0.903. The fraction of sp³-hybridized carbons (Fsp3) is 0. The molecule has 56 valence electrons. The number of nitrogens with zero attached hydrogens (tertiary/aromatic N) is 1. The van der Waals surface area contributed by atoms with E-state index in [1.165, 1.54) is 0 Å². The van der Waals surface area contributed by atoms with Crippen LogP contribution in [0, 0.1) is 0 Å². The molecule has 0 amide bonds. The van der Waals surface area contributed by atoms with Crippen LogP contribution in [0.2, 0.25) is 0 Å². The maximum absolute atomic E-state index is 4.17. The van der Waals surface area contributed by atoms with Crippen molar-refractivity contribution >= 4 is 42.9 Å². The molecule has 0 aliphatic carbocycles. The minimum atomic E-state index is 0.903. The van der Waals surface area contributed by atoms with Crippen LogP contribution in [0.15, 0.2) is 27.4 Å². The van der Waals surface area contributed by atoms with Gasteiger partial charge in [0.15, 0.2) is 0 Å². The predicted octanol–water partition coefficient (Wildman–Crippen LogP) is 3.09. The zero-order valence-corrected chi connectivity index (χ0v) is 8.61. The van der Waals surface area contributed by atoms with Gasteiger partial charge in [-0.1, -0.05) is 0 Å². The van der Waals surface area contributed by atoms with Crippen LogP contribution < -0.4 is 0 Å². The van der Waals surface area contributed by atoms with E-state index < -0.39 is 0 Å². The molecular formula is C7H4Br2N2.